The van der Waals surface area contributed by atoms with Crippen molar-refractivity contribution in [1.29, 1.82) is 0 Å². The molecule has 8 heteroatoms. The third kappa shape index (κ3) is 3.67. The molecule has 0 aliphatic carbocycles. The highest BCUT2D eigenvalue weighted by molar-refractivity contribution is 5.59. The first-order valence-corrected chi connectivity index (χ1v) is 6.27. The molecule has 2 heterocycles. The maximum Gasteiger partial charge on any atom is 0.311 e. The first-order valence-electron chi connectivity index (χ1n) is 6.27. The van der Waals surface area contributed by atoms with Gasteiger partial charge in [0.2, 0.25) is 5.82 Å². The highest BCUT2D eigenvalue weighted by atomic mass is 16.6. The summed E-state index contributed by atoms with van der Waals surface area (Å²) in [7, 11) is 0. The van der Waals surface area contributed by atoms with Gasteiger partial charge in [-0.15, -0.1) is 0 Å². The lowest BCUT2D eigenvalue weighted by molar-refractivity contribution is -0.384. The van der Waals surface area contributed by atoms with E-state index in [1.807, 2.05) is 10.8 Å². The van der Waals surface area contributed by atoms with Crippen LogP contribution in [0.25, 0.3) is 0 Å². The van der Waals surface area contributed by atoms with Gasteiger partial charge in [0.15, 0.2) is 0 Å². The highest BCUT2D eigenvalue weighted by Crippen LogP contribution is 2.22. The van der Waals surface area contributed by atoms with Gasteiger partial charge in [-0.2, -0.15) is 0 Å². The first-order chi connectivity index (χ1) is 9.66. The zero-order valence-electron chi connectivity index (χ0n) is 10.9. The normalized spacial score (nSPS) is 10.4. The second kappa shape index (κ2) is 6.50. The predicted molar refractivity (Wildman–Crippen MR) is 75.3 cm³/mol. The Bertz CT molecular complexity index is 569. The standard InChI is InChI=1S/C12H16N6O2/c13-11-4-3-10(18(19)20)12(16-11)15-5-1-2-7-17-8-6-14-9-17/h3-4,6,8-9H,1-2,5,7H2,(H3,13,15,16). The molecule has 0 fully saturated rings. The second-order valence-electron chi connectivity index (χ2n) is 4.30. The van der Waals surface area contributed by atoms with Crippen LogP contribution in [0.15, 0.2) is 30.9 Å². The number of rotatable bonds is 7. The number of aromatic nitrogens is 3. The van der Waals surface area contributed by atoms with Crippen LogP contribution in [0.3, 0.4) is 0 Å². The van der Waals surface area contributed by atoms with Crippen molar-refractivity contribution in [2.45, 2.75) is 19.4 Å². The first kappa shape index (κ1) is 13.8. The number of nitrogen functional groups attached to an aromatic ring is 1. The van der Waals surface area contributed by atoms with Gasteiger partial charge in [0.1, 0.15) is 5.82 Å². The maximum atomic E-state index is 10.9. The maximum absolute atomic E-state index is 10.9. The summed E-state index contributed by atoms with van der Waals surface area (Å²) in [6.07, 6.45) is 7.21. The molecule has 0 aliphatic heterocycles. The Kier molecular flexibility index (Phi) is 4.48. The molecule has 2 rings (SSSR count). The summed E-state index contributed by atoms with van der Waals surface area (Å²) in [5.74, 6) is 0.481. The summed E-state index contributed by atoms with van der Waals surface area (Å²) in [4.78, 5) is 18.3. The van der Waals surface area contributed by atoms with Gasteiger partial charge in [-0.3, -0.25) is 10.1 Å². The third-order valence-electron chi connectivity index (χ3n) is 2.79. The average Bonchev–Trinajstić information content (AvgIpc) is 2.91. The Labute approximate surface area is 115 Å². The van der Waals surface area contributed by atoms with Crippen molar-refractivity contribution >= 4 is 17.3 Å². The molecule has 0 radical (unpaired) electrons. The Morgan fingerprint density at radius 2 is 2.25 bits per heavy atom. The van der Waals surface area contributed by atoms with E-state index in [9.17, 15) is 10.1 Å². The number of nitrogens with two attached hydrogens (primary N) is 1. The lowest BCUT2D eigenvalue weighted by Crippen LogP contribution is -2.08. The Morgan fingerprint density at radius 3 is 2.95 bits per heavy atom. The molecule has 0 spiro atoms. The number of unbranched alkanes of at least 4 members (excludes halogenated alkanes) is 1. The monoisotopic (exact) mass is 276 g/mol. The number of nitrogens with zero attached hydrogens (tertiary/aromatic N) is 4. The van der Waals surface area contributed by atoms with Gasteiger partial charge in [-0.05, 0) is 18.9 Å². The van der Waals surface area contributed by atoms with Crippen LogP contribution < -0.4 is 11.1 Å². The van der Waals surface area contributed by atoms with E-state index < -0.39 is 4.92 Å². The van der Waals surface area contributed by atoms with Gasteiger partial charge in [0.05, 0.1) is 11.3 Å². The SMILES string of the molecule is Nc1ccc([N+](=O)[O-])c(NCCCCn2ccnc2)n1. The minimum absolute atomic E-state index is 0.0613. The molecule has 106 valence electrons. The van der Waals surface area contributed by atoms with Crippen LogP contribution in [-0.2, 0) is 6.54 Å². The number of nitrogens with one attached hydrogen (secondary N) is 1. The van der Waals surface area contributed by atoms with E-state index in [0.29, 0.717) is 6.54 Å². The van der Waals surface area contributed by atoms with E-state index in [-0.39, 0.29) is 17.3 Å². The van der Waals surface area contributed by atoms with E-state index in [0.717, 1.165) is 19.4 Å². The van der Waals surface area contributed by atoms with Crippen LogP contribution in [0.1, 0.15) is 12.8 Å². The quantitative estimate of drug-likeness (QED) is 0.452. The number of hydrogen-bond acceptors (Lipinski definition) is 6. The average molecular weight is 276 g/mol. The molecule has 0 aromatic carbocycles. The smallest absolute Gasteiger partial charge is 0.311 e. The fourth-order valence-corrected chi connectivity index (χ4v) is 1.79. The summed E-state index contributed by atoms with van der Waals surface area (Å²) in [6, 6.07) is 2.78. The topological polar surface area (TPSA) is 112 Å². The number of nitro groups is 1. The Morgan fingerprint density at radius 1 is 1.40 bits per heavy atom. The number of aryl methyl sites for hydroxylation is 1. The van der Waals surface area contributed by atoms with Gasteiger partial charge in [0.25, 0.3) is 0 Å². The third-order valence-corrected chi connectivity index (χ3v) is 2.79. The van der Waals surface area contributed by atoms with Crippen molar-refractivity contribution in [1.82, 2.24) is 14.5 Å². The summed E-state index contributed by atoms with van der Waals surface area (Å²) >= 11 is 0. The van der Waals surface area contributed by atoms with Crippen molar-refractivity contribution in [2.75, 3.05) is 17.6 Å². The summed E-state index contributed by atoms with van der Waals surface area (Å²) < 4.78 is 1.99. The molecular formula is C12H16N6O2. The molecule has 20 heavy (non-hydrogen) atoms. The van der Waals surface area contributed by atoms with Gasteiger partial charge in [0, 0.05) is 31.5 Å². The summed E-state index contributed by atoms with van der Waals surface area (Å²) in [5, 5.41) is 13.8. The fourth-order valence-electron chi connectivity index (χ4n) is 1.79. The lowest BCUT2D eigenvalue weighted by Gasteiger charge is -2.07. The van der Waals surface area contributed by atoms with E-state index in [2.05, 4.69) is 15.3 Å². The van der Waals surface area contributed by atoms with Crippen molar-refractivity contribution in [3.63, 3.8) is 0 Å². The molecule has 0 unspecified atom stereocenters. The van der Waals surface area contributed by atoms with Gasteiger partial charge in [-0.25, -0.2) is 9.97 Å². The van der Waals surface area contributed by atoms with Crippen LogP contribution in [0, 0.1) is 10.1 Å². The van der Waals surface area contributed by atoms with Crippen LogP contribution >= 0.6 is 0 Å². The Hall–Kier alpha value is -2.64. The largest absolute Gasteiger partial charge is 0.384 e. The molecule has 3 N–H and O–H groups in total. The molecule has 8 nitrogen and oxygen atoms in total. The van der Waals surface area contributed by atoms with Gasteiger partial charge < -0.3 is 15.6 Å². The zero-order valence-corrected chi connectivity index (χ0v) is 10.9. The molecule has 0 atom stereocenters. The van der Waals surface area contributed by atoms with Crippen LogP contribution in [-0.4, -0.2) is 26.0 Å². The second-order valence-corrected chi connectivity index (χ2v) is 4.30. The predicted octanol–water partition coefficient (Wildman–Crippen LogP) is 1.66. The molecule has 0 saturated heterocycles. The van der Waals surface area contributed by atoms with Crippen LogP contribution in [0.2, 0.25) is 0 Å². The molecule has 2 aromatic heterocycles. The molecule has 2 aromatic rings. The number of anilines is 2. The lowest BCUT2D eigenvalue weighted by atomic mass is 10.3. The van der Waals surface area contributed by atoms with Crippen LogP contribution in [0.4, 0.5) is 17.3 Å². The van der Waals surface area contributed by atoms with Crippen molar-refractivity contribution in [3.05, 3.63) is 41.0 Å². The molecule has 0 bridgehead atoms. The molecule has 0 aliphatic rings. The molecule has 0 saturated carbocycles. The number of imidazole rings is 1. The van der Waals surface area contributed by atoms with Crippen molar-refractivity contribution in [3.8, 4) is 0 Å². The summed E-state index contributed by atoms with van der Waals surface area (Å²) in [5.41, 5.74) is 5.48. The minimum atomic E-state index is -0.472. The van der Waals surface area contributed by atoms with Crippen molar-refractivity contribution < 1.29 is 4.92 Å². The molecule has 0 amide bonds. The van der Waals surface area contributed by atoms with E-state index in [1.54, 1.807) is 12.5 Å². The van der Waals surface area contributed by atoms with E-state index in [1.165, 1.54) is 12.1 Å². The van der Waals surface area contributed by atoms with E-state index in [4.69, 9.17) is 5.73 Å². The van der Waals surface area contributed by atoms with Gasteiger partial charge >= 0.3 is 5.69 Å². The Balaban J connectivity index is 1.81. The van der Waals surface area contributed by atoms with Crippen molar-refractivity contribution in [2.24, 2.45) is 0 Å². The van der Waals surface area contributed by atoms with Crippen LogP contribution in [0.5, 0.6) is 0 Å². The highest BCUT2D eigenvalue weighted by Gasteiger charge is 2.14. The fraction of sp³-hybridized carbons (Fsp3) is 0.333. The zero-order chi connectivity index (χ0) is 14.4. The van der Waals surface area contributed by atoms with E-state index >= 15 is 0 Å². The minimum Gasteiger partial charge on any atom is -0.384 e. The van der Waals surface area contributed by atoms with Gasteiger partial charge in [-0.1, -0.05) is 0 Å². The number of pyridine rings is 1. The molecular weight excluding hydrogens is 260 g/mol. The number of hydrogen-bond donors (Lipinski definition) is 2. The summed E-state index contributed by atoms with van der Waals surface area (Å²) in [6.45, 7) is 1.47.